The highest BCUT2D eigenvalue weighted by Gasteiger charge is 2.35. The molecule has 1 aliphatic heterocycles. The Morgan fingerprint density at radius 1 is 1.28 bits per heavy atom. The van der Waals surface area contributed by atoms with Gasteiger partial charge in [-0.1, -0.05) is 35.0 Å². The smallest absolute Gasteiger partial charge is 0.229 e. The first-order chi connectivity index (χ1) is 12.0. The zero-order chi connectivity index (χ0) is 18.0. The molecule has 130 valence electrons. The molecule has 5 heteroatoms. The van der Waals surface area contributed by atoms with Gasteiger partial charge >= 0.3 is 0 Å². The second kappa shape index (κ2) is 7.40. The van der Waals surface area contributed by atoms with Crippen molar-refractivity contribution < 1.29 is 9.59 Å². The van der Waals surface area contributed by atoms with Crippen LogP contribution in [0.5, 0.6) is 0 Å². The lowest BCUT2D eigenvalue weighted by Crippen LogP contribution is -2.28. The van der Waals surface area contributed by atoms with E-state index in [1.54, 1.807) is 4.90 Å². The average molecular weight is 401 g/mol. The molecule has 1 saturated heterocycles. The molecule has 0 radical (unpaired) electrons. The van der Waals surface area contributed by atoms with Crippen LogP contribution >= 0.6 is 15.9 Å². The summed E-state index contributed by atoms with van der Waals surface area (Å²) in [6.45, 7) is 4.47. The van der Waals surface area contributed by atoms with Gasteiger partial charge < -0.3 is 10.2 Å². The van der Waals surface area contributed by atoms with Gasteiger partial charge in [0.1, 0.15) is 0 Å². The van der Waals surface area contributed by atoms with Gasteiger partial charge in [-0.05, 0) is 54.8 Å². The number of benzene rings is 2. The SMILES string of the molecule is CCc1cc(Br)ccc1NC(=O)[C@@H]1CC(=O)N(c2cccc(C)c2)C1. The first kappa shape index (κ1) is 17.7. The number of nitrogens with one attached hydrogen (secondary N) is 1. The molecule has 0 aromatic heterocycles. The molecule has 25 heavy (non-hydrogen) atoms. The maximum absolute atomic E-state index is 12.7. The van der Waals surface area contributed by atoms with Crippen LogP contribution in [0.25, 0.3) is 0 Å². The van der Waals surface area contributed by atoms with E-state index in [1.807, 2.05) is 49.4 Å². The largest absolute Gasteiger partial charge is 0.326 e. The Balaban J connectivity index is 1.73. The predicted octanol–water partition coefficient (Wildman–Crippen LogP) is 4.31. The zero-order valence-corrected chi connectivity index (χ0v) is 16.0. The molecule has 2 aromatic rings. The van der Waals surface area contributed by atoms with Crippen molar-refractivity contribution >= 4 is 39.1 Å². The molecular weight excluding hydrogens is 380 g/mol. The monoisotopic (exact) mass is 400 g/mol. The summed E-state index contributed by atoms with van der Waals surface area (Å²) in [7, 11) is 0. The van der Waals surface area contributed by atoms with E-state index in [-0.39, 0.29) is 24.2 Å². The number of halogens is 1. The van der Waals surface area contributed by atoms with Gasteiger partial charge in [0.25, 0.3) is 0 Å². The van der Waals surface area contributed by atoms with E-state index in [9.17, 15) is 9.59 Å². The molecule has 1 N–H and O–H groups in total. The Morgan fingerprint density at radius 3 is 2.80 bits per heavy atom. The molecule has 1 atom stereocenters. The van der Waals surface area contributed by atoms with Gasteiger partial charge in [-0.3, -0.25) is 9.59 Å². The minimum Gasteiger partial charge on any atom is -0.326 e. The molecule has 0 bridgehead atoms. The van der Waals surface area contributed by atoms with Gasteiger partial charge in [-0.2, -0.15) is 0 Å². The molecule has 1 fully saturated rings. The van der Waals surface area contributed by atoms with Gasteiger partial charge in [0.15, 0.2) is 0 Å². The molecule has 0 saturated carbocycles. The Labute approximate surface area is 156 Å². The first-order valence-corrected chi connectivity index (χ1v) is 9.23. The lowest BCUT2D eigenvalue weighted by Gasteiger charge is -2.17. The number of rotatable bonds is 4. The number of anilines is 2. The van der Waals surface area contributed by atoms with E-state index in [2.05, 4.69) is 28.2 Å². The van der Waals surface area contributed by atoms with Gasteiger partial charge in [0, 0.05) is 28.8 Å². The number of amides is 2. The summed E-state index contributed by atoms with van der Waals surface area (Å²) >= 11 is 3.45. The van der Waals surface area contributed by atoms with E-state index in [4.69, 9.17) is 0 Å². The van der Waals surface area contributed by atoms with Gasteiger partial charge in [0.2, 0.25) is 11.8 Å². The van der Waals surface area contributed by atoms with Crippen LogP contribution in [0, 0.1) is 12.8 Å². The molecule has 0 unspecified atom stereocenters. The minimum absolute atomic E-state index is 0.00253. The number of carbonyl (C=O) groups is 2. The van der Waals surface area contributed by atoms with Gasteiger partial charge in [-0.15, -0.1) is 0 Å². The molecule has 0 aliphatic carbocycles. The van der Waals surface area contributed by atoms with Crippen LogP contribution in [0.2, 0.25) is 0 Å². The number of carbonyl (C=O) groups excluding carboxylic acids is 2. The summed E-state index contributed by atoms with van der Waals surface area (Å²) in [6.07, 6.45) is 1.08. The van der Waals surface area contributed by atoms with Crippen LogP contribution < -0.4 is 10.2 Å². The van der Waals surface area contributed by atoms with E-state index >= 15 is 0 Å². The number of hydrogen-bond donors (Lipinski definition) is 1. The van der Waals surface area contributed by atoms with Crippen molar-refractivity contribution in [2.75, 3.05) is 16.8 Å². The van der Waals surface area contributed by atoms with Crippen molar-refractivity contribution in [1.82, 2.24) is 0 Å². The highest BCUT2D eigenvalue weighted by molar-refractivity contribution is 9.10. The van der Waals surface area contributed by atoms with Crippen LogP contribution in [0.4, 0.5) is 11.4 Å². The van der Waals surface area contributed by atoms with Crippen molar-refractivity contribution in [3.8, 4) is 0 Å². The predicted molar refractivity (Wildman–Crippen MR) is 104 cm³/mol. The third-order valence-electron chi connectivity index (χ3n) is 4.52. The number of nitrogens with zero attached hydrogens (tertiary/aromatic N) is 1. The second-order valence-electron chi connectivity index (χ2n) is 6.39. The Bertz CT molecular complexity index is 819. The van der Waals surface area contributed by atoms with E-state index in [1.165, 1.54) is 0 Å². The summed E-state index contributed by atoms with van der Waals surface area (Å²) in [5, 5.41) is 3.00. The van der Waals surface area contributed by atoms with Crippen LogP contribution in [0.1, 0.15) is 24.5 Å². The van der Waals surface area contributed by atoms with E-state index < -0.39 is 0 Å². The fraction of sp³-hybridized carbons (Fsp3) is 0.300. The molecule has 0 spiro atoms. The second-order valence-corrected chi connectivity index (χ2v) is 7.30. The Morgan fingerprint density at radius 2 is 2.08 bits per heavy atom. The van der Waals surface area contributed by atoms with Crippen molar-refractivity contribution in [3.05, 3.63) is 58.1 Å². The van der Waals surface area contributed by atoms with Crippen LogP contribution in [0.15, 0.2) is 46.9 Å². The Kier molecular flexibility index (Phi) is 5.23. The van der Waals surface area contributed by atoms with Crippen LogP contribution in [-0.4, -0.2) is 18.4 Å². The van der Waals surface area contributed by atoms with E-state index in [0.29, 0.717) is 6.54 Å². The minimum atomic E-state index is -0.332. The first-order valence-electron chi connectivity index (χ1n) is 8.44. The zero-order valence-electron chi connectivity index (χ0n) is 14.4. The standard InChI is InChI=1S/C20H21BrN2O2/c1-3-14-10-16(21)7-8-18(14)22-20(25)15-11-19(24)23(12-15)17-6-4-5-13(2)9-17/h4-10,15H,3,11-12H2,1-2H3,(H,22,25)/t15-/m1/s1. The maximum atomic E-state index is 12.7. The number of aryl methyl sites for hydroxylation is 2. The Hall–Kier alpha value is -2.14. The lowest BCUT2D eigenvalue weighted by molar-refractivity contribution is -0.122. The van der Waals surface area contributed by atoms with Crippen LogP contribution in [-0.2, 0) is 16.0 Å². The quantitative estimate of drug-likeness (QED) is 0.830. The number of hydrogen-bond acceptors (Lipinski definition) is 2. The summed E-state index contributed by atoms with van der Waals surface area (Å²) in [6, 6.07) is 13.6. The summed E-state index contributed by atoms with van der Waals surface area (Å²) in [5.41, 5.74) is 3.85. The molecule has 2 aromatic carbocycles. The molecule has 1 aliphatic rings. The van der Waals surface area contributed by atoms with E-state index in [0.717, 1.165) is 33.4 Å². The van der Waals surface area contributed by atoms with Crippen molar-refractivity contribution in [1.29, 1.82) is 0 Å². The fourth-order valence-electron chi connectivity index (χ4n) is 3.14. The third kappa shape index (κ3) is 3.93. The molecular formula is C20H21BrN2O2. The molecule has 1 heterocycles. The molecule has 2 amide bonds. The highest BCUT2D eigenvalue weighted by atomic mass is 79.9. The van der Waals surface area contributed by atoms with Gasteiger partial charge in [0.05, 0.1) is 5.92 Å². The molecule has 4 nitrogen and oxygen atoms in total. The average Bonchev–Trinajstić information content (AvgIpc) is 2.98. The van der Waals surface area contributed by atoms with Crippen LogP contribution in [0.3, 0.4) is 0 Å². The topological polar surface area (TPSA) is 49.4 Å². The normalized spacial score (nSPS) is 17.0. The van der Waals surface area contributed by atoms with Crippen molar-refractivity contribution in [2.45, 2.75) is 26.7 Å². The fourth-order valence-corrected chi connectivity index (χ4v) is 3.55. The summed E-state index contributed by atoms with van der Waals surface area (Å²) in [5.74, 6) is -0.431. The van der Waals surface area contributed by atoms with Crippen molar-refractivity contribution in [2.24, 2.45) is 5.92 Å². The van der Waals surface area contributed by atoms with Crippen molar-refractivity contribution in [3.63, 3.8) is 0 Å². The van der Waals surface area contributed by atoms with Gasteiger partial charge in [-0.25, -0.2) is 0 Å². The lowest BCUT2D eigenvalue weighted by atomic mass is 10.1. The summed E-state index contributed by atoms with van der Waals surface area (Å²) in [4.78, 5) is 26.7. The highest BCUT2D eigenvalue weighted by Crippen LogP contribution is 2.28. The third-order valence-corrected chi connectivity index (χ3v) is 5.01. The maximum Gasteiger partial charge on any atom is 0.229 e. The summed E-state index contributed by atoms with van der Waals surface area (Å²) < 4.78 is 0.990. The molecule has 3 rings (SSSR count).